The van der Waals surface area contributed by atoms with Crippen LogP contribution in [0.1, 0.15) is 31.9 Å². The molecule has 23 heavy (non-hydrogen) atoms. The molecule has 1 aliphatic heterocycles. The molecule has 0 radical (unpaired) electrons. The second kappa shape index (κ2) is 10.5. The molecule has 0 saturated carbocycles. The zero-order valence-corrected chi connectivity index (χ0v) is 16.2. The van der Waals surface area contributed by atoms with Crippen LogP contribution in [0.2, 0.25) is 0 Å². The van der Waals surface area contributed by atoms with Crippen LogP contribution in [-0.2, 0) is 11.3 Å². The van der Waals surface area contributed by atoms with E-state index in [1.165, 1.54) is 0 Å². The summed E-state index contributed by atoms with van der Waals surface area (Å²) in [5.41, 5.74) is 0. The number of nitrogens with zero attached hydrogens (tertiary/aromatic N) is 2. The number of carbonyl (C=O) groups excluding carboxylic acids is 1. The lowest BCUT2D eigenvalue weighted by Gasteiger charge is -2.34. The Morgan fingerprint density at radius 3 is 2.74 bits per heavy atom. The number of halogens is 1. The second-order valence-corrected chi connectivity index (χ2v) is 5.56. The summed E-state index contributed by atoms with van der Waals surface area (Å²) in [6, 6.07) is 3.81. The summed E-state index contributed by atoms with van der Waals surface area (Å²) in [4.78, 5) is 18.4. The fraction of sp³-hybridized carbons (Fsp3) is 0.625. The lowest BCUT2D eigenvalue weighted by Crippen LogP contribution is -2.46. The van der Waals surface area contributed by atoms with Gasteiger partial charge in [0.05, 0.1) is 6.26 Å². The number of likely N-dealkylation sites (tertiary alicyclic amines) is 1. The van der Waals surface area contributed by atoms with Crippen molar-refractivity contribution in [3.05, 3.63) is 24.2 Å². The van der Waals surface area contributed by atoms with E-state index in [1.54, 1.807) is 13.3 Å². The number of amides is 1. The molecule has 1 aromatic heterocycles. The highest BCUT2D eigenvalue weighted by Crippen LogP contribution is 2.20. The van der Waals surface area contributed by atoms with Crippen molar-refractivity contribution in [2.75, 3.05) is 26.7 Å². The minimum absolute atomic E-state index is 0. The van der Waals surface area contributed by atoms with E-state index in [1.807, 2.05) is 12.1 Å². The first-order valence-electron chi connectivity index (χ1n) is 7.99. The van der Waals surface area contributed by atoms with E-state index in [2.05, 4.69) is 27.4 Å². The molecule has 0 atom stereocenters. The van der Waals surface area contributed by atoms with Crippen LogP contribution in [0, 0.1) is 5.92 Å². The van der Waals surface area contributed by atoms with E-state index in [-0.39, 0.29) is 29.9 Å². The number of nitrogens with one attached hydrogen (secondary N) is 2. The van der Waals surface area contributed by atoms with Crippen LogP contribution in [0.4, 0.5) is 0 Å². The van der Waals surface area contributed by atoms with Crippen molar-refractivity contribution in [3.63, 3.8) is 0 Å². The maximum absolute atomic E-state index is 11.5. The summed E-state index contributed by atoms with van der Waals surface area (Å²) in [7, 11) is 1.70. The maximum atomic E-state index is 11.5. The molecule has 2 N–H and O–H groups in total. The number of furan rings is 1. The largest absolute Gasteiger partial charge is 0.467 e. The van der Waals surface area contributed by atoms with Gasteiger partial charge in [-0.2, -0.15) is 0 Å². The highest BCUT2D eigenvalue weighted by Gasteiger charge is 2.23. The topological polar surface area (TPSA) is 69.9 Å². The van der Waals surface area contributed by atoms with Crippen LogP contribution < -0.4 is 10.6 Å². The molecule has 1 aliphatic rings. The van der Waals surface area contributed by atoms with Gasteiger partial charge in [0.2, 0.25) is 5.91 Å². The van der Waals surface area contributed by atoms with Gasteiger partial charge < -0.3 is 20.0 Å². The Morgan fingerprint density at radius 1 is 1.43 bits per heavy atom. The predicted octanol–water partition coefficient (Wildman–Crippen LogP) is 2.21. The van der Waals surface area contributed by atoms with Crippen molar-refractivity contribution >= 4 is 35.8 Å². The summed E-state index contributed by atoms with van der Waals surface area (Å²) in [5.74, 6) is 2.41. The molecule has 2 rings (SSSR count). The van der Waals surface area contributed by atoms with Crippen LogP contribution in [-0.4, -0.2) is 43.4 Å². The van der Waals surface area contributed by atoms with Gasteiger partial charge in [-0.05, 0) is 37.8 Å². The molecule has 1 fully saturated rings. The third-order valence-electron chi connectivity index (χ3n) is 3.97. The molecular weight excluding hydrogens is 407 g/mol. The van der Waals surface area contributed by atoms with Gasteiger partial charge in [-0.1, -0.05) is 0 Å². The first kappa shape index (κ1) is 19.8. The highest BCUT2D eigenvalue weighted by molar-refractivity contribution is 14.0. The summed E-state index contributed by atoms with van der Waals surface area (Å²) < 4.78 is 5.32. The van der Waals surface area contributed by atoms with Gasteiger partial charge >= 0.3 is 0 Å². The molecule has 0 aliphatic carbocycles. The smallest absolute Gasteiger partial charge is 0.220 e. The van der Waals surface area contributed by atoms with Gasteiger partial charge in [-0.25, -0.2) is 4.99 Å². The first-order valence-corrected chi connectivity index (χ1v) is 7.99. The summed E-state index contributed by atoms with van der Waals surface area (Å²) in [6.07, 6.45) is 4.35. The van der Waals surface area contributed by atoms with E-state index < -0.39 is 0 Å². The van der Waals surface area contributed by atoms with Crippen molar-refractivity contribution in [2.24, 2.45) is 10.9 Å². The predicted molar refractivity (Wildman–Crippen MR) is 102 cm³/mol. The van der Waals surface area contributed by atoms with Crippen LogP contribution in [0.3, 0.4) is 0 Å². The second-order valence-electron chi connectivity index (χ2n) is 5.56. The van der Waals surface area contributed by atoms with Crippen molar-refractivity contribution in [1.82, 2.24) is 15.5 Å². The first-order chi connectivity index (χ1) is 10.7. The number of hydrogen-bond acceptors (Lipinski definition) is 3. The van der Waals surface area contributed by atoms with Crippen molar-refractivity contribution in [3.8, 4) is 0 Å². The third-order valence-corrected chi connectivity index (χ3v) is 3.97. The Morgan fingerprint density at radius 2 is 2.17 bits per heavy atom. The van der Waals surface area contributed by atoms with E-state index in [0.29, 0.717) is 18.9 Å². The monoisotopic (exact) mass is 434 g/mol. The molecule has 2 heterocycles. The standard InChI is InChI=1S/C16H26N4O2.HI/c1-3-18-16(19-12-14-5-4-10-22-14)20-8-6-13(7-9-20)11-15(21)17-2;/h4-5,10,13H,3,6-9,11-12H2,1-2H3,(H,17,21)(H,18,19);1H. The molecule has 1 amide bonds. The Labute approximate surface area is 155 Å². The van der Waals surface area contributed by atoms with Crippen molar-refractivity contribution in [2.45, 2.75) is 32.7 Å². The van der Waals surface area contributed by atoms with E-state index in [0.717, 1.165) is 44.2 Å². The number of rotatable bonds is 5. The molecule has 6 nitrogen and oxygen atoms in total. The molecule has 130 valence electrons. The molecule has 7 heteroatoms. The van der Waals surface area contributed by atoms with Gasteiger partial charge in [0, 0.05) is 33.1 Å². The zero-order chi connectivity index (χ0) is 15.8. The fourth-order valence-electron chi connectivity index (χ4n) is 2.69. The minimum Gasteiger partial charge on any atom is -0.467 e. The summed E-state index contributed by atoms with van der Waals surface area (Å²) in [6.45, 7) is 5.33. The van der Waals surface area contributed by atoms with Gasteiger partial charge in [-0.15, -0.1) is 24.0 Å². The summed E-state index contributed by atoms with van der Waals surface area (Å²) >= 11 is 0. The molecule has 0 bridgehead atoms. The molecule has 0 aromatic carbocycles. The van der Waals surface area contributed by atoms with Gasteiger partial charge in [0.25, 0.3) is 0 Å². The minimum atomic E-state index is 0. The molecular formula is C16H27IN4O2. The van der Waals surface area contributed by atoms with E-state index >= 15 is 0 Å². The number of hydrogen-bond donors (Lipinski definition) is 2. The van der Waals surface area contributed by atoms with Gasteiger partial charge in [-0.3, -0.25) is 4.79 Å². The van der Waals surface area contributed by atoms with Crippen LogP contribution in [0.25, 0.3) is 0 Å². The average molecular weight is 434 g/mol. The quantitative estimate of drug-likeness (QED) is 0.424. The average Bonchev–Trinajstić information content (AvgIpc) is 3.05. The highest BCUT2D eigenvalue weighted by atomic mass is 127. The van der Waals surface area contributed by atoms with Gasteiger partial charge in [0.15, 0.2) is 5.96 Å². The van der Waals surface area contributed by atoms with Gasteiger partial charge in [0.1, 0.15) is 12.3 Å². The van der Waals surface area contributed by atoms with E-state index in [4.69, 9.17) is 4.42 Å². The summed E-state index contributed by atoms with van der Waals surface area (Å²) in [5, 5.41) is 6.04. The lowest BCUT2D eigenvalue weighted by molar-refractivity contribution is -0.121. The fourth-order valence-corrected chi connectivity index (χ4v) is 2.69. The molecule has 1 saturated heterocycles. The van der Waals surface area contributed by atoms with Crippen LogP contribution in [0.5, 0.6) is 0 Å². The number of guanidine groups is 1. The van der Waals surface area contributed by atoms with Crippen LogP contribution >= 0.6 is 24.0 Å². The maximum Gasteiger partial charge on any atom is 0.220 e. The molecule has 0 spiro atoms. The van der Waals surface area contributed by atoms with Crippen LogP contribution in [0.15, 0.2) is 27.8 Å². The third kappa shape index (κ3) is 6.40. The van der Waals surface area contributed by atoms with Crippen molar-refractivity contribution in [1.29, 1.82) is 0 Å². The Balaban J connectivity index is 0.00000264. The zero-order valence-electron chi connectivity index (χ0n) is 13.9. The Bertz CT molecular complexity index is 482. The number of aliphatic imine (C=N–C) groups is 1. The van der Waals surface area contributed by atoms with E-state index in [9.17, 15) is 4.79 Å². The normalized spacial score (nSPS) is 15.9. The number of carbonyl (C=O) groups is 1. The molecule has 1 aromatic rings. The SMILES string of the molecule is CCNC(=NCc1ccco1)N1CCC(CC(=O)NC)CC1.I. The molecule has 0 unspecified atom stereocenters. The lowest BCUT2D eigenvalue weighted by atomic mass is 9.93. The Hall–Kier alpha value is -1.25. The number of piperidine rings is 1. The van der Waals surface area contributed by atoms with Crippen molar-refractivity contribution < 1.29 is 9.21 Å². The Kier molecular flexibility index (Phi) is 9.05.